The van der Waals surface area contributed by atoms with Gasteiger partial charge in [0, 0.05) is 26.2 Å². The van der Waals surface area contributed by atoms with Crippen LogP contribution in [-0.4, -0.2) is 44.7 Å². The average molecular weight is 490 g/mol. The maximum Gasteiger partial charge on any atom is 0.287 e. The van der Waals surface area contributed by atoms with Crippen molar-refractivity contribution < 1.29 is 18.3 Å². The highest BCUT2D eigenvalue weighted by molar-refractivity contribution is 14.0. The Balaban J connectivity index is 0.00000364. The summed E-state index contributed by atoms with van der Waals surface area (Å²) >= 11 is 0. The van der Waals surface area contributed by atoms with Crippen molar-refractivity contribution in [2.75, 3.05) is 26.7 Å². The van der Waals surface area contributed by atoms with Crippen molar-refractivity contribution >= 4 is 35.8 Å². The van der Waals surface area contributed by atoms with Crippen LogP contribution >= 0.6 is 24.0 Å². The van der Waals surface area contributed by atoms with Crippen LogP contribution in [0.2, 0.25) is 0 Å². The van der Waals surface area contributed by atoms with Gasteiger partial charge in [-0.15, -0.1) is 24.0 Å². The molecule has 2 aromatic rings. The van der Waals surface area contributed by atoms with E-state index in [0.29, 0.717) is 31.3 Å². The van der Waals surface area contributed by atoms with Crippen LogP contribution in [0.4, 0.5) is 4.39 Å². The second kappa shape index (κ2) is 12.2. The van der Waals surface area contributed by atoms with Gasteiger partial charge in [-0.3, -0.25) is 9.79 Å². The number of hydrogen-bond donors (Lipinski definition) is 3. The Bertz CT molecular complexity index is 725. The van der Waals surface area contributed by atoms with Crippen molar-refractivity contribution in [3.8, 4) is 5.75 Å². The predicted molar refractivity (Wildman–Crippen MR) is 112 cm³/mol. The molecular weight excluding hydrogens is 466 g/mol. The van der Waals surface area contributed by atoms with Crippen LogP contribution in [0, 0.1) is 5.82 Å². The summed E-state index contributed by atoms with van der Waals surface area (Å²) in [6.45, 7) is 3.25. The molecule has 1 atom stereocenters. The van der Waals surface area contributed by atoms with Gasteiger partial charge < -0.3 is 25.1 Å². The van der Waals surface area contributed by atoms with Crippen LogP contribution in [0.5, 0.6) is 5.75 Å². The van der Waals surface area contributed by atoms with E-state index in [1.807, 2.05) is 6.92 Å². The fraction of sp³-hybridized carbons (Fsp3) is 0.333. The SMILES string of the molecule is CN=C(NCCNC(=O)c1ccco1)NCC(C)Oc1cccc(F)c1.I. The monoisotopic (exact) mass is 490 g/mol. The first-order chi connectivity index (χ1) is 12.6. The van der Waals surface area contributed by atoms with E-state index < -0.39 is 0 Å². The van der Waals surface area contributed by atoms with E-state index >= 15 is 0 Å². The van der Waals surface area contributed by atoms with Gasteiger partial charge in [-0.2, -0.15) is 0 Å². The minimum absolute atomic E-state index is 0. The zero-order valence-electron chi connectivity index (χ0n) is 15.2. The molecule has 1 aromatic heterocycles. The maximum atomic E-state index is 13.1. The predicted octanol–water partition coefficient (Wildman–Crippen LogP) is 2.40. The number of halogens is 2. The normalized spacial score (nSPS) is 11.9. The summed E-state index contributed by atoms with van der Waals surface area (Å²) in [5.74, 6) is 0.722. The number of nitrogens with one attached hydrogen (secondary N) is 3. The lowest BCUT2D eigenvalue weighted by Crippen LogP contribution is -2.44. The van der Waals surface area contributed by atoms with E-state index in [1.54, 1.807) is 31.3 Å². The number of hydrogen-bond acceptors (Lipinski definition) is 4. The summed E-state index contributed by atoms with van der Waals surface area (Å²) in [6, 6.07) is 9.27. The fourth-order valence-electron chi connectivity index (χ4n) is 2.13. The van der Waals surface area contributed by atoms with Crippen molar-refractivity contribution in [3.63, 3.8) is 0 Å². The Labute approximate surface area is 174 Å². The number of aliphatic imine (C=N–C) groups is 1. The molecule has 0 aliphatic heterocycles. The number of guanidine groups is 1. The molecule has 0 saturated carbocycles. The Morgan fingerprint density at radius 1 is 1.22 bits per heavy atom. The first kappa shape index (κ1) is 22.7. The Hall–Kier alpha value is -2.30. The minimum atomic E-state index is -0.336. The molecule has 0 aliphatic carbocycles. The number of ether oxygens (including phenoxy) is 1. The van der Waals surface area contributed by atoms with Crippen LogP contribution in [0.15, 0.2) is 52.1 Å². The van der Waals surface area contributed by atoms with Gasteiger partial charge in [0.05, 0.1) is 12.8 Å². The first-order valence-electron chi connectivity index (χ1n) is 8.27. The first-order valence-corrected chi connectivity index (χ1v) is 8.27. The number of amides is 1. The number of rotatable bonds is 8. The van der Waals surface area contributed by atoms with E-state index in [-0.39, 0.29) is 47.6 Å². The third-order valence-corrected chi connectivity index (χ3v) is 3.36. The van der Waals surface area contributed by atoms with Crippen LogP contribution < -0.4 is 20.7 Å². The number of benzene rings is 1. The molecule has 148 valence electrons. The second-order valence-corrected chi connectivity index (χ2v) is 5.50. The van der Waals surface area contributed by atoms with E-state index in [2.05, 4.69) is 20.9 Å². The summed E-state index contributed by atoms with van der Waals surface area (Å²) in [4.78, 5) is 15.8. The molecule has 3 N–H and O–H groups in total. The minimum Gasteiger partial charge on any atom is -0.489 e. The van der Waals surface area contributed by atoms with Crippen LogP contribution in [0.25, 0.3) is 0 Å². The summed E-state index contributed by atoms with van der Waals surface area (Å²) in [7, 11) is 1.65. The zero-order chi connectivity index (χ0) is 18.8. The Morgan fingerprint density at radius 3 is 2.67 bits per heavy atom. The number of carbonyl (C=O) groups is 1. The molecule has 0 aliphatic rings. The molecule has 9 heteroatoms. The summed E-state index contributed by atoms with van der Waals surface area (Å²) in [6.07, 6.45) is 1.26. The van der Waals surface area contributed by atoms with Gasteiger partial charge in [0.1, 0.15) is 17.7 Å². The molecule has 7 nitrogen and oxygen atoms in total. The molecule has 1 amide bonds. The van der Waals surface area contributed by atoms with Crippen molar-refractivity contribution in [2.24, 2.45) is 4.99 Å². The van der Waals surface area contributed by atoms with Crippen LogP contribution in [-0.2, 0) is 0 Å². The Kier molecular flexibility index (Phi) is 10.2. The lowest BCUT2D eigenvalue weighted by atomic mass is 10.3. The third-order valence-electron chi connectivity index (χ3n) is 3.36. The highest BCUT2D eigenvalue weighted by Gasteiger charge is 2.08. The topological polar surface area (TPSA) is 87.9 Å². The largest absolute Gasteiger partial charge is 0.489 e. The maximum absolute atomic E-state index is 13.1. The molecule has 0 fully saturated rings. The van der Waals surface area contributed by atoms with Gasteiger partial charge in [-0.1, -0.05) is 6.07 Å². The fourth-order valence-corrected chi connectivity index (χ4v) is 2.13. The second-order valence-electron chi connectivity index (χ2n) is 5.50. The van der Waals surface area contributed by atoms with Crippen molar-refractivity contribution in [1.82, 2.24) is 16.0 Å². The highest BCUT2D eigenvalue weighted by atomic mass is 127. The highest BCUT2D eigenvalue weighted by Crippen LogP contribution is 2.13. The smallest absolute Gasteiger partial charge is 0.287 e. The molecule has 1 heterocycles. The van der Waals surface area contributed by atoms with E-state index in [4.69, 9.17) is 9.15 Å². The van der Waals surface area contributed by atoms with Crippen LogP contribution in [0.3, 0.4) is 0 Å². The number of carbonyl (C=O) groups excluding carboxylic acids is 1. The van der Waals surface area contributed by atoms with Crippen molar-refractivity contribution in [1.29, 1.82) is 0 Å². The van der Waals surface area contributed by atoms with E-state index in [9.17, 15) is 9.18 Å². The molecular formula is C18H24FIN4O3. The summed E-state index contributed by atoms with van der Waals surface area (Å²) in [5, 5.41) is 8.91. The van der Waals surface area contributed by atoms with Gasteiger partial charge in [-0.25, -0.2) is 4.39 Å². The van der Waals surface area contributed by atoms with Gasteiger partial charge >= 0.3 is 0 Å². The molecule has 1 aromatic carbocycles. The van der Waals surface area contributed by atoms with E-state index in [0.717, 1.165) is 0 Å². The van der Waals surface area contributed by atoms with E-state index in [1.165, 1.54) is 18.4 Å². The summed E-state index contributed by atoms with van der Waals surface area (Å²) < 4.78 is 23.8. The Morgan fingerprint density at radius 2 is 2.00 bits per heavy atom. The molecule has 0 spiro atoms. The molecule has 1 unspecified atom stereocenters. The van der Waals surface area contributed by atoms with Gasteiger partial charge in [0.15, 0.2) is 11.7 Å². The number of furan rings is 1. The lowest BCUT2D eigenvalue weighted by Gasteiger charge is -2.17. The van der Waals surface area contributed by atoms with Gasteiger partial charge in [-0.05, 0) is 31.2 Å². The van der Waals surface area contributed by atoms with Gasteiger partial charge in [0.25, 0.3) is 5.91 Å². The van der Waals surface area contributed by atoms with Crippen molar-refractivity contribution in [3.05, 3.63) is 54.2 Å². The van der Waals surface area contributed by atoms with Crippen molar-refractivity contribution in [2.45, 2.75) is 13.0 Å². The lowest BCUT2D eigenvalue weighted by molar-refractivity contribution is 0.0926. The molecule has 2 rings (SSSR count). The third kappa shape index (κ3) is 8.29. The standard InChI is InChI=1S/C18H23FN4O3.HI/c1-13(26-15-6-3-5-14(19)11-15)12-23-18(20-2)22-9-8-21-17(24)16-7-4-10-25-16;/h3-7,10-11,13H,8-9,12H2,1-2H3,(H,21,24)(H2,20,22,23);1H. The quantitative estimate of drug-likeness (QED) is 0.229. The molecule has 0 bridgehead atoms. The molecule has 0 saturated heterocycles. The zero-order valence-corrected chi connectivity index (χ0v) is 17.5. The average Bonchev–Trinajstić information content (AvgIpc) is 3.15. The van der Waals surface area contributed by atoms with Gasteiger partial charge in [0.2, 0.25) is 0 Å². The number of nitrogens with zero attached hydrogens (tertiary/aromatic N) is 1. The summed E-state index contributed by atoms with van der Waals surface area (Å²) in [5.41, 5.74) is 0. The van der Waals surface area contributed by atoms with Crippen LogP contribution in [0.1, 0.15) is 17.5 Å². The molecule has 27 heavy (non-hydrogen) atoms. The molecule has 0 radical (unpaired) electrons.